The second kappa shape index (κ2) is 7.62. The molecule has 2 aromatic carbocycles. The van der Waals surface area contributed by atoms with Crippen LogP contribution in [0.2, 0.25) is 5.02 Å². The summed E-state index contributed by atoms with van der Waals surface area (Å²) < 4.78 is 26.7. The SMILES string of the molecule is CCCCS(=O)(=O)Nc1ccc(Cl)cc1C(=O)c1ccccc1. The number of halogens is 1. The molecule has 0 saturated carbocycles. The molecule has 0 aromatic heterocycles. The normalized spacial score (nSPS) is 11.2. The number of rotatable bonds is 7. The highest BCUT2D eigenvalue weighted by Gasteiger charge is 2.18. The highest BCUT2D eigenvalue weighted by Crippen LogP contribution is 2.24. The van der Waals surface area contributed by atoms with E-state index < -0.39 is 10.0 Å². The van der Waals surface area contributed by atoms with Crippen LogP contribution < -0.4 is 4.72 Å². The maximum atomic E-state index is 12.6. The van der Waals surface area contributed by atoms with Crippen molar-refractivity contribution < 1.29 is 13.2 Å². The minimum atomic E-state index is -3.49. The molecule has 0 spiro atoms. The summed E-state index contributed by atoms with van der Waals surface area (Å²) in [6, 6.07) is 13.2. The maximum Gasteiger partial charge on any atom is 0.232 e. The molecule has 2 aromatic rings. The summed E-state index contributed by atoms with van der Waals surface area (Å²) in [4.78, 5) is 12.6. The van der Waals surface area contributed by atoms with Crippen LogP contribution >= 0.6 is 11.6 Å². The molecule has 23 heavy (non-hydrogen) atoms. The van der Waals surface area contributed by atoms with E-state index in [1.165, 1.54) is 12.1 Å². The zero-order chi connectivity index (χ0) is 16.9. The zero-order valence-corrected chi connectivity index (χ0v) is 14.3. The lowest BCUT2D eigenvalue weighted by Gasteiger charge is -2.12. The number of carbonyl (C=O) groups excluding carboxylic acids is 1. The summed E-state index contributed by atoms with van der Waals surface area (Å²) in [7, 11) is -3.49. The highest BCUT2D eigenvalue weighted by molar-refractivity contribution is 7.92. The van der Waals surface area contributed by atoms with Crippen molar-refractivity contribution in [3.63, 3.8) is 0 Å². The third kappa shape index (κ3) is 4.81. The minimum Gasteiger partial charge on any atom is -0.289 e. The lowest BCUT2D eigenvalue weighted by atomic mass is 10.0. The Bertz CT molecular complexity index is 789. The Morgan fingerprint density at radius 3 is 2.48 bits per heavy atom. The summed E-state index contributed by atoms with van der Waals surface area (Å²) in [5.41, 5.74) is 0.965. The molecule has 0 fully saturated rings. The van der Waals surface area contributed by atoms with Crippen LogP contribution in [0.25, 0.3) is 0 Å². The van der Waals surface area contributed by atoms with Gasteiger partial charge in [0.15, 0.2) is 5.78 Å². The summed E-state index contributed by atoms with van der Waals surface area (Å²) in [6.45, 7) is 1.92. The van der Waals surface area contributed by atoms with E-state index in [9.17, 15) is 13.2 Å². The van der Waals surface area contributed by atoms with Crippen LogP contribution in [-0.2, 0) is 10.0 Å². The van der Waals surface area contributed by atoms with Crippen molar-refractivity contribution in [2.24, 2.45) is 0 Å². The molecule has 4 nitrogen and oxygen atoms in total. The predicted molar refractivity (Wildman–Crippen MR) is 93.6 cm³/mol. The molecule has 0 atom stereocenters. The van der Waals surface area contributed by atoms with E-state index in [0.29, 0.717) is 17.0 Å². The van der Waals surface area contributed by atoms with E-state index in [2.05, 4.69) is 4.72 Å². The molecule has 0 radical (unpaired) electrons. The molecule has 2 rings (SSSR count). The van der Waals surface area contributed by atoms with E-state index >= 15 is 0 Å². The average molecular weight is 352 g/mol. The van der Waals surface area contributed by atoms with E-state index in [-0.39, 0.29) is 22.8 Å². The van der Waals surface area contributed by atoms with Gasteiger partial charge in [0, 0.05) is 16.1 Å². The molecule has 6 heteroatoms. The fourth-order valence-electron chi connectivity index (χ4n) is 2.09. The highest BCUT2D eigenvalue weighted by atomic mass is 35.5. The molecule has 0 saturated heterocycles. The van der Waals surface area contributed by atoms with Crippen molar-refractivity contribution in [2.45, 2.75) is 19.8 Å². The summed E-state index contributed by atoms with van der Waals surface area (Å²) in [5.74, 6) is -0.258. The first-order valence-corrected chi connectivity index (χ1v) is 9.36. The van der Waals surface area contributed by atoms with Gasteiger partial charge in [0.05, 0.1) is 11.4 Å². The Kier molecular flexibility index (Phi) is 5.80. The van der Waals surface area contributed by atoms with Crippen LogP contribution in [0.1, 0.15) is 35.7 Å². The van der Waals surface area contributed by atoms with Crippen molar-refractivity contribution in [3.05, 3.63) is 64.7 Å². The zero-order valence-electron chi connectivity index (χ0n) is 12.8. The number of carbonyl (C=O) groups is 1. The van der Waals surface area contributed by atoms with Crippen LogP contribution in [0.4, 0.5) is 5.69 Å². The number of anilines is 1. The van der Waals surface area contributed by atoms with Gasteiger partial charge in [-0.1, -0.05) is 55.3 Å². The third-order valence-corrected chi connectivity index (χ3v) is 4.89. The predicted octanol–water partition coefficient (Wildman–Crippen LogP) is 4.11. The number of benzene rings is 2. The fourth-order valence-corrected chi connectivity index (χ4v) is 3.55. The van der Waals surface area contributed by atoms with Crippen molar-refractivity contribution >= 4 is 33.1 Å². The van der Waals surface area contributed by atoms with E-state index in [4.69, 9.17) is 11.6 Å². The maximum absolute atomic E-state index is 12.6. The molecule has 0 amide bonds. The van der Waals surface area contributed by atoms with Crippen molar-refractivity contribution in [2.75, 3.05) is 10.5 Å². The smallest absolute Gasteiger partial charge is 0.232 e. The lowest BCUT2D eigenvalue weighted by molar-refractivity contribution is 0.103. The number of ketones is 1. The van der Waals surface area contributed by atoms with E-state index in [0.717, 1.165) is 6.42 Å². The first-order chi connectivity index (χ1) is 10.9. The van der Waals surface area contributed by atoms with Gasteiger partial charge in [0.2, 0.25) is 10.0 Å². The monoisotopic (exact) mass is 351 g/mol. The summed E-state index contributed by atoms with van der Waals surface area (Å²) >= 11 is 5.97. The van der Waals surface area contributed by atoms with Crippen molar-refractivity contribution in [1.29, 1.82) is 0 Å². The first-order valence-electron chi connectivity index (χ1n) is 7.33. The second-order valence-electron chi connectivity index (χ2n) is 5.16. The molecule has 0 heterocycles. The van der Waals surface area contributed by atoms with Crippen LogP contribution in [-0.4, -0.2) is 20.0 Å². The van der Waals surface area contributed by atoms with E-state index in [1.54, 1.807) is 30.3 Å². The number of sulfonamides is 1. The van der Waals surface area contributed by atoms with Gasteiger partial charge in [-0.3, -0.25) is 9.52 Å². The lowest BCUT2D eigenvalue weighted by Crippen LogP contribution is -2.18. The van der Waals surface area contributed by atoms with Crippen LogP contribution in [0.3, 0.4) is 0 Å². The Hall–Kier alpha value is -1.85. The topological polar surface area (TPSA) is 63.2 Å². The Balaban J connectivity index is 2.37. The largest absolute Gasteiger partial charge is 0.289 e. The molecule has 0 unspecified atom stereocenters. The Morgan fingerprint density at radius 1 is 1.13 bits per heavy atom. The molecular formula is C17H18ClNO3S. The summed E-state index contributed by atoms with van der Waals surface area (Å²) in [6.07, 6.45) is 1.34. The summed E-state index contributed by atoms with van der Waals surface area (Å²) in [5, 5.41) is 0.376. The average Bonchev–Trinajstić information content (AvgIpc) is 2.54. The molecule has 0 aliphatic rings. The van der Waals surface area contributed by atoms with Gasteiger partial charge >= 0.3 is 0 Å². The standard InChI is InChI=1S/C17H18ClNO3S/c1-2-3-11-23(21,22)19-16-10-9-14(18)12-15(16)17(20)13-7-5-4-6-8-13/h4-10,12,19H,2-3,11H2,1H3. The Morgan fingerprint density at radius 2 is 1.83 bits per heavy atom. The number of nitrogens with one attached hydrogen (secondary N) is 1. The molecule has 0 aliphatic heterocycles. The number of hydrogen-bond donors (Lipinski definition) is 1. The van der Waals surface area contributed by atoms with Gasteiger partial charge in [0.1, 0.15) is 0 Å². The molecule has 0 aliphatic carbocycles. The minimum absolute atomic E-state index is 0.0189. The van der Waals surface area contributed by atoms with Gasteiger partial charge in [-0.05, 0) is 24.6 Å². The van der Waals surface area contributed by atoms with Crippen LogP contribution in [0, 0.1) is 0 Å². The quantitative estimate of drug-likeness (QED) is 0.763. The third-order valence-electron chi connectivity index (χ3n) is 3.29. The van der Waals surface area contributed by atoms with E-state index in [1.807, 2.05) is 13.0 Å². The van der Waals surface area contributed by atoms with Gasteiger partial charge in [-0.15, -0.1) is 0 Å². The molecule has 1 N–H and O–H groups in total. The fraction of sp³-hybridized carbons (Fsp3) is 0.235. The second-order valence-corrected chi connectivity index (χ2v) is 7.44. The van der Waals surface area contributed by atoms with Crippen molar-refractivity contribution in [3.8, 4) is 0 Å². The molecular weight excluding hydrogens is 334 g/mol. The van der Waals surface area contributed by atoms with Gasteiger partial charge < -0.3 is 0 Å². The molecule has 122 valence electrons. The van der Waals surface area contributed by atoms with Crippen molar-refractivity contribution in [1.82, 2.24) is 0 Å². The van der Waals surface area contributed by atoms with Gasteiger partial charge in [-0.25, -0.2) is 8.42 Å². The Labute approximate surface area is 141 Å². The molecule has 0 bridgehead atoms. The van der Waals surface area contributed by atoms with Crippen LogP contribution in [0.15, 0.2) is 48.5 Å². The number of unbranched alkanes of at least 4 members (excludes halogenated alkanes) is 1. The van der Waals surface area contributed by atoms with Crippen LogP contribution in [0.5, 0.6) is 0 Å². The van der Waals surface area contributed by atoms with Gasteiger partial charge in [-0.2, -0.15) is 0 Å². The number of hydrogen-bond acceptors (Lipinski definition) is 3. The first kappa shape index (κ1) is 17.5. The van der Waals surface area contributed by atoms with Gasteiger partial charge in [0.25, 0.3) is 0 Å².